The van der Waals surface area contributed by atoms with Crippen LogP contribution in [0.3, 0.4) is 0 Å². The third-order valence-corrected chi connectivity index (χ3v) is 7.33. The number of rotatable bonds is 1. The van der Waals surface area contributed by atoms with Crippen LogP contribution in [0, 0.1) is 0 Å². The molecular formula is C36H25N7. The van der Waals surface area contributed by atoms with E-state index in [4.69, 9.17) is 15.0 Å². The van der Waals surface area contributed by atoms with Crippen LogP contribution < -0.4 is 0 Å². The Bertz CT molecular complexity index is 2270. The Hall–Kier alpha value is -6.08. The number of nitrogens with zero attached hydrogens (tertiary/aromatic N) is 4. The van der Waals surface area contributed by atoms with E-state index in [2.05, 4.69) is 56.3 Å². The number of aromatic nitrogens is 7. The predicted molar refractivity (Wildman–Crippen MR) is 176 cm³/mol. The second-order valence-electron chi connectivity index (χ2n) is 10.4. The quantitative estimate of drug-likeness (QED) is 0.189. The second-order valence-corrected chi connectivity index (χ2v) is 10.4. The average Bonchev–Trinajstić information content (AvgIpc) is 3.87. The minimum atomic E-state index is 0.817. The van der Waals surface area contributed by atoms with Crippen LogP contribution in [0.15, 0.2) is 109 Å². The zero-order valence-electron chi connectivity index (χ0n) is 23.0. The number of hydrogen-bond donors (Lipinski definition) is 3. The van der Waals surface area contributed by atoms with Crippen molar-refractivity contribution in [2.45, 2.75) is 0 Å². The van der Waals surface area contributed by atoms with Gasteiger partial charge in [-0.2, -0.15) is 0 Å². The van der Waals surface area contributed by atoms with Gasteiger partial charge in [0.25, 0.3) is 0 Å². The van der Waals surface area contributed by atoms with Gasteiger partial charge < -0.3 is 15.0 Å². The van der Waals surface area contributed by atoms with E-state index in [1.54, 1.807) is 0 Å². The van der Waals surface area contributed by atoms with E-state index < -0.39 is 0 Å². The van der Waals surface area contributed by atoms with E-state index in [-0.39, 0.29) is 0 Å². The lowest BCUT2D eigenvalue weighted by atomic mass is 10.2. The molecule has 9 rings (SSSR count). The Morgan fingerprint density at radius 2 is 1.07 bits per heavy atom. The maximum absolute atomic E-state index is 4.81. The van der Waals surface area contributed by atoms with E-state index in [0.29, 0.717) is 0 Å². The molecule has 0 aliphatic carbocycles. The maximum atomic E-state index is 4.81. The molecule has 7 heteroatoms. The van der Waals surface area contributed by atoms with Gasteiger partial charge in [0.05, 0.1) is 44.8 Å². The van der Waals surface area contributed by atoms with E-state index in [0.717, 1.165) is 72.8 Å². The van der Waals surface area contributed by atoms with Crippen molar-refractivity contribution in [1.82, 2.24) is 34.9 Å². The number of pyridine rings is 1. The van der Waals surface area contributed by atoms with Gasteiger partial charge in [0.2, 0.25) is 0 Å². The van der Waals surface area contributed by atoms with Gasteiger partial charge >= 0.3 is 0 Å². The molecule has 43 heavy (non-hydrogen) atoms. The number of para-hydroxylation sites is 3. The molecular weight excluding hydrogens is 530 g/mol. The van der Waals surface area contributed by atoms with Crippen LogP contribution in [0.2, 0.25) is 0 Å². The summed E-state index contributed by atoms with van der Waals surface area (Å²) in [5.41, 5.74) is 11.5. The Kier molecular flexibility index (Phi) is 5.97. The molecule has 5 aromatic heterocycles. The van der Waals surface area contributed by atoms with Gasteiger partial charge in [-0.25, -0.2) is 15.0 Å². The molecule has 7 nitrogen and oxygen atoms in total. The van der Waals surface area contributed by atoms with Gasteiger partial charge in [-0.15, -0.1) is 0 Å². The highest BCUT2D eigenvalue weighted by Gasteiger charge is 2.11. The number of aromatic amines is 3. The Labute approximate surface area is 246 Å². The molecule has 3 N–H and O–H groups in total. The maximum Gasteiger partial charge on any atom is 0.140 e. The molecule has 7 aromatic rings. The first-order valence-electron chi connectivity index (χ1n) is 14.1. The Balaban J connectivity index is 0.000000235. The number of nitrogens with one attached hydrogen (secondary N) is 3. The number of fused-ring (bicyclic) bond motifs is 10. The van der Waals surface area contributed by atoms with Crippen LogP contribution >= 0.6 is 0 Å². The number of imidazole rings is 1. The number of benzene rings is 2. The molecule has 8 bridgehead atoms. The van der Waals surface area contributed by atoms with Crippen molar-refractivity contribution >= 4 is 68.3 Å². The van der Waals surface area contributed by atoms with Crippen molar-refractivity contribution in [3.63, 3.8) is 0 Å². The van der Waals surface area contributed by atoms with Gasteiger partial charge in [-0.3, -0.25) is 4.98 Å². The molecule has 0 spiro atoms. The molecule has 2 aromatic carbocycles. The molecule has 0 saturated carbocycles. The summed E-state index contributed by atoms with van der Waals surface area (Å²) >= 11 is 0. The highest BCUT2D eigenvalue weighted by Crippen LogP contribution is 2.27. The normalized spacial score (nSPS) is 12.0. The zero-order valence-corrected chi connectivity index (χ0v) is 23.0. The molecule has 2 aliphatic rings. The lowest BCUT2D eigenvalue weighted by molar-refractivity contribution is 1.31. The van der Waals surface area contributed by atoms with Crippen molar-refractivity contribution in [3.05, 3.63) is 132 Å². The van der Waals surface area contributed by atoms with Gasteiger partial charge in [-0.1, -0.05) is 36.4 Å². The van der Waals surface area contributed by atoms with Crippen LogP contribution in [0.5, 0.6) is 0 Å². The van der Waals surface area contributed by atoms with Crippen molar-refractivity contribution in [2.24, 2.45) is 0 Å². The molecule has 0 unspecified atom stereocenters. The van der Waals surface area contributed by atoms with Crippen LogP contribution in [0.1, 0.15) is 22.8 Å². The Morgan fingerprint density at radius 3 is 1.79 bits per heavy atom. The van der Waals surface area contributed by atoms with Gasteiger partial charge in [0, 0.05) is 33.7 Å². The standard InChI is InChI=1S/C27H18N6.C9H7N/c1-2-4-25-24(3-1)32-27(33-25)23-14-22-13-20-8-7-18(29-20)11-16-5-6-17(28-16)12-19-9-10-21(30-19)15-26(23)31-22;1-2-6-9-8(4-1)5-3-7-10-9/h1-15,28,31H,(H,32,33);1-7H. The molecule has 204 valence electrons. The van der Waals surface area contributed by atoms with Crippen LogP contribution in [-0.2, 0) is 0 Å². The first-order valence-corrected chi connectivity index (χ1v) is 14.1. The Morgan fingerprint density at radius 1 is 0.442 bits per heavy atom. The fourth-order valence-electron chi connectivity index (χ4n) is 5.31. The summed E-state index contributed by atoms with van der Waals surface area (Å²) in [5.74, 6) is 0.817. The molecule has 0 radical (unpaired) electrons. The fraction of sp³-hybridized carbons (Fsp3) is 0. The van der Waals surface area contributed by atoms with Crippen LogP contribution in [0.4, 0.5) is 0 Å². The lowest BCUT2D eigenvalue weighted by Gasteiger charge is -1.92. The molecule has 0 atom stereocenters. The van der Waals surface area contributed by atoms with E-state index >= 15 is 0 Å². The summed E-state index contributed by atoms with van der Waals surface area (Å²) < 4.78 is 0. The largest absolute Gasteiger partial charge is 0.355 e. The molecule has 2 aliphatic heterocycles. The lowest BCUT2D eigenvalue weighted by Crippen LogP contribution is -1.79. The second kappa shape index (κ2) is 10.4. The summed E-state index contributed by atoms with van der Waals surface area (Å²) in [6.45, 7) is 0. The molecule has 0 fully saturated rings. The van der Waals surface area contributed by atoms with Crippen molar-refractivity contribution in [1.29, 1.82) is 0 Å². The summed E-state index contributed by atoms with van der Waals surface area (Å²) in [7, 11) is 0. The minimum Gasteiger partial charge on any atom is -0.355 e. The first-order chi connectivity index (χ1) is 21.2. The van der Waals surface area contributed by atoms with Crippen molar-refractivity contribution in [2.75, 3.05) is 0 Å². The topological polar surface area (TPSA) is 98.9 Å². The van der Waals surface area contributed by atoms with Gasteiger partial charge in [0.1, 0.15) is 5.82 Å². The van der Waals surface area contributed by atoms with Crippen molar-refractivity contribution < 1.29 is 0 Å². The molecule has 0 saturated heterocycles. The monoisotopic (exact) mass is 555 g/mol. The van der Waals surface area contributed by atoms with Crippen LogP contribution in [0.25, 0.3) is 79.7 Å². The fourth-order valence-corrected chi connectivity index (χ4v) is 5.31. The summed E-state index contributed by atoms with van der Waals surface area (Å²) in [5, 5.41) is 1.20. The van der Waals surface area contributed by atoms with E-state index in [1.165, 1.54) is 5.39 Å². The minimum absolute atomic E-state index is 0.817. The van der Waals surface area contributed by atoms with Crippen molar-refractivity contribution in [3.8, 4) is 11.4 Å². The summed E-state index contributed by atoms with van der Waals surface area (Å²) in [4.78, 5) is 28.9. The van der Waals surface area contributed by atoms with E-state index in [1.807, 2.05) is 97.2 Å². The molecule has 7 heterocycles. The van der Waals surface area contributed by atoms with Gasteiger partial charge in [-0.05, 0) is 91.0 Å². The smallest absolute Gasteiger partial charge is 0.140 e. The summed E-state index contributed by atoms with van der Waals surface area (Å²) in [6, 6.07) is 34.5. The van der Waals surface area contributed by atoms with E-state index in [9.17, 15) is 0 Å². The number of hydrogen-bond acceptors (Lipinski definition) is 4. The zero-order chi connectivity index (χ0) is 28.6. The number of H-pyrrole nitrogens is 3. The highest BCUT2D eigenvalue weighted by atomic mass is 14.9. The average molecular weight is 556 g/mol. The summed E-state index contributed by atoms with van der Waals surface area (Å²) in [6.07, 6.45) is 9.90. The first kappa shape index (κ1) is 24.7. The van der Waals surface area contributed by atoms with Crippen LogP contribution in [-0.4, -0.2) is 34.9 Å². The predicted octanol–water partition coefficient (Wildman–Crippen LogP) is 8.43. The third-order valence-electron chi connectivity index (χ3n) is 7.33. The third kappa shape index (κ3) is 5.11. The SMILES string of the molecule is C1=Cc2cc3cc(-c4nc5ccccc5[nH]4)c(cc4nc(cc5ccc(cc1n2)[nH]5)C=C4)[nH]3.c1ccc2ncccc2c1. The highest BCUT2D eigenvalue weighted by molar-refractivity contribution is 5.89. The molecule has 0 amide bonds. The van der Waals surface area contributed by atoms with Gasteiger partial charge in [0.15, 0.2) is 0 Å².